The number of hydrogen-bond acceptors (Lipinski definition) is 8. The smallest absolute Gasteiger partial charge is 0.169 e. The van der Waals surface area contributed by atoms with Gasteiger partial charge in [-0.1, -0.05) is 166 Å². The van der Waals surface area contributed by atoms with E-state index in [0.717, 1.165) is 89.2 Å². The van der Waals surface area contributed by atoms with Gasteiger partial charge in [-0.3, -0.25) is 0 Å². The lowest BCUT2D eigenvalue weighted by molar-refractivity contribution is 0.170. The minimum atomic E-state index is -1.51. The maximum absolute atomic E-state index is 7.23. The molecule has 8 rings (SSSR count). The molecule has 466 valence electrons. The average Bonchev–Trinajstić information content (AvgIpc) is 0.739. The first kappa shape index (κ1) is 66.5. The molecule has 0 saturated heterocycles. The molecule has 2 heterocycles. The molecule has 0 amide bonds. The van der Waals surface area contributed by atoms with Crippen molar-refractivity contribution in [2.24, 2.45) is 0 Å². The van der Waals surface area contributed by atoms with E-state index in [1.54, 1.807) is 0 Å². The van der Waals surface area contributed by atoms with Crippen LogP contribution in [-0.2, 0) is 43.3 Å². The van der Waals surface area contributed by atoms with Crippen LogP contribution in [0, 0.1) is 0 Å². The van der Waals surface area contributed by atoms with Gasteiger partial charge in [0.2, 0.25) is 0 Å². The van der Waals surface area contributed by atoms with Crippen LogP contribution in [0.5, 0.6) is 46.0 Å². The highest BCUT2D eigenvalue weighted by Crippen LogP contribution is 2.56. The maximum Gasteiger partial charge on any atom is 0.169 e. The van der Waals surface area contributed by atoms with Crippen molar-refractivity contribution in [2.45, 2.75) is 209 Å². The van der Waals surface area contributed by atoms with Crippen molar-refractivity contribution >= 4 is 47.7 Å². The number of hydrogen-bond donors (Lipinski definition) is 0. The lowest BCUT2D eigenvalue weighted by Crippen LogP contribution is -2.32. The normalized spacial score (nSPS) is 14.4. The molecule has 10 heteroatoms. The molecule has 0 unspecified atom stereocenters. The van der Waals surface area contributed by atoms with Crippen LogP contribution in [0.4, 0.5) is 0 Å². The topological polar surface area (TPSA) is 73.8 Å². The fraction of sp³-hybridized carbons (Fsp3) is 0.526. The van der Waals surface area contributed by atoms with E-state index < -0.39 is 15.8 Å². The van der Waals surface area contributed by atoms with E-state index in [1.165, 1.54) is 21.2 Å². The van der Waals surface area contributed by atoms with Crippen molar-refractivity contribution < 1.29 is 37.9 Å². The van der Waals surface area contributed by atoms with Crippen LogP contribution < -0.4 is 69.7 Å². The zero-order chi connectivity index (χ0) is 64.0. The zero-order valence-electron chi connectivity index (χ0n) is 57.9. The van der Waals surface area contributed by atoms with Crippen LogP contribution in [-0.4, -0.2) is 54.9 Å². The summed E-state index contributed by atoms with van der Waals surface area (Å²) in [4.78, 5) is 0. The number of benzene rings is 6. The lowest BCUT2D eigenvalue weighted by Gasteiger charge is -2.36. The van der Waals surface area contributed by atoms with E-state index in [1.807, 2.05) is 28.4 Å². The molecule has 86 heavy (non-hydrogen) atoms. The second-order valence-corrected chi connectivity index (χ2v) is 36.3. The molecule has 2 aliphatic rings. The molecule has 0 aliphatic carbocycles. The summed E-state index contributed by atoms with van der Waals surface area (Å²) in [5.41, 5.74) is 8.80. The Morgan fingerprint density at radius 1 is 0.279 bits per heavy atom. The Balaban J connectivity index is 1.70. The molecule has 8 nitrogen and oxygen atoms in total. The van der Waals surface area contributed by atoms with E-state index in [-0.39, 0.29) is 43.3 Å². The van der Waals surface area contributed by atoms with Gasteiger partial charge in [-0.15, -0.1) is 0 Å². The van der Waals surface area contributed by atoms with Crippen molar-refractivity contribution in [3.05, 3.63) is 117 Å². The Morgan fingerprint density at radius 2 is 0.465 bits per heavy atom. The van der Waals surface area contributed by atoms with Crippen LogP contribution in [0.25, 0.3) is 11.1 Å². The third-order valence-electron chi connectivity index (χ3n) is 16.7. The molecule has 0 atom stereocenters. The van der Waals surface area contributed by atoms with Gasteiger partial charge in [0.15, 0.2) is 23.0 Å². The predicted octanol–water partition coefficient (Wildman–Crippen LogP) is 16.8. The summed E-state index contributed by atoms with van der Waals surface area (Å²) in [6.45, 7) is 56.8. The van der Waals surface area contributed by atoms with Crippen LogP contribution in [0.1, 0.15) is 211 Å². The standard InChI is InChI=1S/C76H104O8P2/c1-69(2,3)49-37-45(38-50(63(49)77-25)70(4,5)6)85(46-39-51(71(7,8)9)64(78-26)52(40-46)72(10,11)12)59-31-29-57-67(83-35-33-81-57)61(59)62-60(32-30-58-68(62)84-36-34-82-58)86(47-41-53(73(13,14)15)65(79-27)54(42-47)74(16,17)18)48-43-55(75(19,20)21)66(80-28)56(44-48)76(22,23)24/h29-32,37-44H,33-36H2,1-28H3. The largest absolute Gasteiger partial charge is 0.496 e. The van der Waals surface area contributed by atoms with Gasteiger partial charge in [-0.2, -0.15) is 0 Å². The molecule has 0 aromatic heterocycles. The van der Waals surface area contributed by atoms with Gasteiger partial charge in [0.25, 0.3) is 0 Å². The fourth-order valence-electron chi connectivity index (χ4n) is 12.2. The minimum absolute atomic E-state index is 0.288. The Kier molecular flexibility index (Phi) is 18.2. The third-order valence-corrected chi connectivity index (χ3v) is 21.5. The van der Waals surface area contributed by atoms with E-state index in [4.69, 9.17) is 37.9 Å². The predicted molar refractivity (Wildman–Crippen MR) is 367 cm³/mol. The van der Waals surface area contributed by atoms with E-state index in [2.05, 4.69) is 239 Å². The molecule has 0 bridgehead atoms. The molecule has 0 saturated carbocycles. The van der Waals surface area contributed by atoms with Gasteiger partial charge < -0.3 is 37.9 Å². The van der Waals surface area contributed by atoms with E-state index in [0.29, 0.717) is 49.4 Å². The average molecular weight is 1210 g/mol. The lowest BCUT2D eigenvalue weighted by atomic mass is 9.79. The molecular formula is C76H104O8P2. The number of rotatable bonds is 11. The van der Waals surface area contributed by atoms with Gasteiger partial charge >= 0.3 is 0 Å². The number of fused-ring (bicyclic) bond motifs is 2. The minimum Gasteiger partial charge on any atom is -0.496 e. The Hall–Kier alpha value is -5.42. The summed E-state index contributed by atoms with van der Waals surface area (Å²) in [6.07, 6.45) is 0. The van der Waals surface area contributed by atoms with E-state index >= 15 is 0 Å². The van der Waals surface area contributed by atoms with Crippen LogP contribution in [0.15, 0.2) is 72.8 Å². The summed E-state index contributed by atoms with van der Waals surface area (Å²) in [6, 6.07) is 28.6. The molecule has 0 spiro atoms. The highest BCUT2D eigenvalue weighted by atomic mass is 31.1. The van der Waals surface area contributed by atoms with Crippen LogP contribution in [0.2, 0.25) is 0 Å². The van der Waals surface area contributed by atoms with E-state index in [9.17, 15) is 0 Å². The molecule has 0 radical (unpaired) electrons. The molecule has 6 aromatic carbocycles. The maximum atomic E-state index is 7.23. The van der Waals surface area contributed by atoms with Crippen LogP contribution >= 0.6 is 15.8 Å². The third kappa shape index (κ3) is 13.0. The van der Waals surface area contributed by atoms with Gasteiger partial charge in [0.05, 0.1) is 28.4 Å². The summed E-state index contributed by atoms with van der Waals surface area (Å²) in [5, 5.41) is 7.01. The Bertz CT molecular complexity index is 2970. The molecular weight excluding hydrogens is 1100 g/mol. The zero-order valence-corrected chi connectivity index (χ0v) is 59.7. The number of ether oxygens (including phenoxy) is 8. The number of methoxy groups -OCH3 is 4. The highest BCUT2D eigenvalue weighted by molar-refractivity contribution is 7.80. The first-order valence-corrected chi connectivity index (χ1v) is 33.6. The quantitative estimate of drug-likeness (QED) is 0.119. The van der Waals surface area contributed by atoms with Gasteiger partial charge in [0, 0.05) is 55.6 Å². The fourth-order valence-corrected chi connectivity index (χ4v) is 17.3. The van der Waals surface area contributed by atoms with Crippen LogP contribution in [0.3, 0.4) is 0 Å². The van der Waals surface area contributed by atoms with Crippen molar-refractivity contribution in [1.29, 1.82) is 0 Å². The molecule has 2 aliphatic heterocycles. The second kappa shape index (κ2) is 23.5. The molecule has 0 N–H and O–H groups in total. The van der Waals surface area contributed by atoms with Gasteiger partial charge in [-0.25, -0.2) is 0 Å². The Labute approximate surface area is 521 Å². The van der Waals surface area contributed by atoms with Crippen molar-refractivity contribution in [3.8, 4) is 57.1 Å². The first-order chi connectivity index (χ1) is 39.6. The highest BCUT2D eigenvalue weighted by Gasteiger charge is 2.41. The summed E-state index contributed by atoms with van der Waals surface area (Å²) >= 11 is 0. The summed E-state index contributed by atoms with van der Waals surface area (Å²) in [5.74, 6) is 6.48. The SMILES string of the molecule is COc1c(C(C)(C)C)cc(P(c2cc(C(C)(C)C)c(OC)c(C(C)(C)C)c2)c2ccc3c(c2-c2c(P(c4cc(C(C)(C)C)c(OC)c(C(C)(C)C)c4)c4cc(C(C)(C)C)c(OC)c(C(C)(C)C)c4)ccc4c2OCCO4)OCCO3)cc1C(C)(C)C. The van der Waals surface area contributed by atoms with Gasteiger partial charge in [0.1, 0.15) is 49.4 Å². The first-order valence-electron chi connectivity index (χ1n) is 31.0. The monoisotopic (exact) mass is 1210 g/mol. The Morgan fingerprint density at radius 3 is 0.640 bits per heavy atom. The molecule has 6 aromatic rings. The summed E-state index contributed by atoms with van der Waals surface area (Å²) < 4.78 is 54.2. The van der Waals surface area contributed by atoms with Crippen molar-refractivity contribution in [2.75, 3.05) is 54.9 Å². The van der Waals surface area contributed by atoms with Crippen molar-refractivity contribution in [1.82, 2.24) is 0 Å². The second-order valence-electron chi connectivity index (χ2n) is 31.9. The summed E-state index contributed by atoms with van der Waals surface area (Å²) in [7, 11) is 4.28. The van der Waals surface area contributed by atoms with Crippen molar-refractivity contribution in [3.63, 3.8) is 0 Å². The molecule has 0 fully saturated rings. The van der Waals surface area contributed by atoms with Gasteiger partial charge in [-0.05, 0) is 164 Å².